The molecule has 13 heavy (non-hydrogen) atoms. The lowest BCUT2D eigenvalue weighted by Crippen LogP contribution is -2.32. The minimum atomic E-state index is -4.58. The van der Waals surface area contributed by atoms with Gasteiger partial charge >= 0.3 is 6.18 Å². The van der Waals surface area contributed by atoms with Crippen LogP contribution in [-0.2, 0) is 6.54 Å². The van der Waals surface area contributed by atoms with Crippen LogP contribution in [0, 0.1) is 6.92 Å². The van der Waals surface area contributed by atoms with Gasteiger partial charge in [0.2, 0.25) is 0 Å². The van der Waals surface area contributed by atoms with Crippen molar-refractivity contribution in [1.29, 1.82) is 0 Å². The fourth-order valence-corrected chi connectivity index (χ4v) is 0.846. The van der Waals surface area contributed by atoms with E-state index in [1.54, 1.807) is 13.0 Å². The number of aromatic nitrogens is 2. The van der Waals surface area contributed by atoms with E-state index in [2.05, 4.69) is 5.10 Å². The Balaban J connectivity index is 2.60. The van der Waals surface area contributed by atoms with Gasteiger partial charge in [-0.05, 0) is 13.0 Å². The molecule has 3 nitrogen and oxygen atoms in total. The van der Waals surface area contributed by atoms with Gasteiger partial charge in [-0.1, -0.05) is 0 Å². The first-order valence-electron chi connectivity index (χ1n) is 3.64. The second-order valence-corrected chi connectivity index (χ2v) is 2.74. The van der Waals surface area contributed by atoms with Crippen LogP contribution in [-0.4, -0.2) is 27.2 Å². The number of hydrogen-bond donors (Lipinski definition) is 1. The van der Waals surface area contributed by atoms with Gasteiger partial charge in [0, 0.05) is 6.20 Å². The smallest absolute Gasteiger partial charge is 0.382 e. The number of aliphatic hydroxyl groups is 1. The van der Waals surface area contributed by atoms with E-state index >= 15 is 0 Å². The lowest BCUT2D eigenvalue weighted by atomic mass is 10.3. The third-order valence-corrected chi connectivity index (χ3v) is 1.51. The maximum atomic E-state index is 11.9. The Morgan fingerprint density at radius 1 is 1.62 bits per heavy atom. The second-order valence-electron chi connectivity index (χ2n) is 2.74. The number of rotatable bonds is 2. The van der Waals surface area contributed by atoms with Crippen LogP contribution in [0.4, 0.5) is 13.2 Å². The number of alkyl halides is 3. The molecule has 0 aromatic carbocycles. The van der Waals surface area contributed by atoms with Crippen molar-refractivity contribution in [3.05, 3.63) is 18.0 Å². The highest BCUT2D eigenvalue weighted by Gasteiger charge is 2.38. The molecule has 1 N–H and O–H groups in total. The van der Waals surface area contributed by atoms with Gasteiger partial charge in [0.15, 0.2) is 6.10 Å². The molecule has 0 spiro atoms. The van der Waals surface area contributed by atoms with Crippen molar-refractivity contribution in [1.82, 2.24) is 9.78 Å². The van der Waals surface area contributed by atoms with Crippen LogP contribution in [0.25, 0.3) is 0 Å². The molecule has 1 heterocycles. The molecule has 1 rings (SSSR count). The number of hydrogen-bond acceptors (Lipinski definition) is 2. The van der Waals surface area contributed by atoms with Gasteiger partial charge < -0.3 is 5.11 Å². The van der Waals surface area contributed by atoms with E-state index in [0.29, 0.717) is 5.69 Å². The molecule has 1 aromatic heterocycles. The summed E-state index contributed by atoms with van der Waals surface area (Å²) >= 11 is 0. The highest BCUT2D eigenvalue weighted by atomic mass is 19.4. The Morgan fingerprint density at radius 2 is 2.23 bits per heavy atom. The molecule has 1 unspecified atom stereocenters. The van der Waals surface area contributed by atoms with Crippen LogP contribution in [0.3, 0.4) is 0 Å². The van der Waals surface area contributed by atoms with E-state index in [1.165, 1.54) is 6.20 Å². The first kappa shape index (κ1) is 10.0. The Kier molecular flexibility index (Phi) is 2.60. The van der Waals surface area contributed by atoms with E-state index in [1.807, 2.05) is 0 Å². The van der Waals surface area contributed by atoms with Crippen molar-refractivity contribution < 1.29 is 18.3 Å². The van der Waals surface area contributed by atoms with Gasteiger partial charge in [-0.3, -0.25) is 4.68 Å². The fraction of sp³-hybridized carbons (Fsp3) is 0.571. The topological polar surface area (TPSA) is 38.0 Å². The summed E-state index contributed by atoms with van der Waals surface area (Å²) < 4.78 is 36.6. The standard InChI is InChI=1S/C7H9F3N2O/c1-5-2-3-12(11-5)4-6(13)7(8,9)10/h2-3,6,13H,4H2,1H3. The summed E-state index contributed by atoms with van der Waals surface area (Å²) in [5, 5.41) is 12.4. The minimum Gasteiger partial charge on any atom is -0.382 e. The number of halogens is 3. The van der Waals surface area contributed by atoms with Crippen molar-refractivity contribution >= 4 is 0 Å². The van der Waals surface area contributed by atoms with Crippen LogP contribution in [0.1, 0.15) is 5.69 Å². The summed E-state index contributed by atoms with van der Waals surface area (Å²) in [4.78, 5) is 0. The average Bonchev–Trinajstić information content (AvgIpc) is 2.33. The van der Waals surface area contributed by atoms with Crippen molar-refractivity contribution in [2.75, 3.05) is 0 Å². The lowest BCUT2D eigenvalue weighted by Gasteiger charge is -2.13. The van der Waals surface area contributed by atoms with Crippen LogP contribution >= 0.6 is 0 Å². The monoisotopic (exact) mass is 194 g/mol. The van der Waals surface area contributed by atoms with Gasteiger partial charge in [0.05, 0.1) is 12.2 Å². The Labute approximate surface area is 72.8 Å². The molecule has 0 aliphatic heterocycles. The molecule has 1 aromatic rings. The van der Waals surface area contributed by atoms with Crippen molar-refractivity contribution in [3.8, 4) is 0 Å². The largest absolute Gasteiger partial charge is 0.416 e. The predicted molar refractivity (Wildman–Crippen MR) is 39.0 cm³/mol. The van der Waals surface area contributed by atoms with Crippen LogP contribution < -0.4 is 0 Å². The van der Waals surface area contributed by atoms with Crippen LogP contribution in [0.5, 0.6) is 0 Å². The molecule has 0 amide bonds. The first-order chi connectivity index (χ1) is 5.89. The molecule has 74 valence electrons. The van der Waals surface area contributed by atoms with Gasteiger partial charge in [-0.15, -0.1) is 0 Å². The second kappa shape index (κ2) is 3.37. The molecule has 0 aliphatic carbocycles. The zero-order valence-corrected chi connectivity index (χ0v) is 6.91. The highest BCUT2D eigenvalue weighted by Crippen LogP contribution is 2.20. The minimum absolute atomic E-state index is 0.558. The van der Waals surface area contributed by atoms with E-state index in [9.17, 15) is 13.2 Å². The van der Waals surface area contributed by atoms with Gasteiger partial charge in [-0.2, -0.15) is 18.3 Å². The molecule has 6 heteroatoms. The SMILES string of the molecule is Cc1ccn(CC(O)C(F)(F)F)n1. The van der Waals surface area contributed by atoms with Crippen LogP contribution in [0.15, 0.2) is 12.3 Å². The zero-order chi connectivity index (χ0) is 10.1. The molecule has 1 atom stereocenters. The van der Waals surface area contributed by atoms with Crippen LogP contribution in [0.2, 0.25) is 0 Å². The lowest BCUT2D eigenvalue weighted by molar-refractivity contribution is -0.208. The normalized spacial score (nSPS) is 14.5. The summed E-state index contributed by atoms with van der Waals surface area (Å²) in [6.45, 7) is 1.10. The average molecular weight is 194 g/mol. The summed E-state index contributed by atoms with van der Waals surface area (Å²) in [6.07, 6.45) is -5.55. The summed E-state index contributed by atoms with van der Waals surface area (Å²) in [5.41, 5.74) is 0.620. The third-order valence-electron chi connectivity index (χ3n) is 1.51. The van der Waals surface area contributed by atoms with E-state index in [-0.39, 0.29) is 0 Å². The maximum Gasteiger partial charge on any atom is 0.416 e. The van der Waals surface area contributed by atoms with Gasteiger partial charge in [-0.25, -0.2) is 0 Å². The van der Waals surface area contributed by atoms with E-state index < -0.39 is 18.8 Å². The molecule has 0 saturated heterocycles. The summed E-state index contributed by atoms with van der Waals surface area (Å²) in [6, 6.07) is 1.57. The number of aryl methyl sites for hydroxylation is 1. The summed E-state index contributed by atoms with van der Waals surface area (Å²) in [7, 11) is 0. The summed E-state index contributed by atoms with van der Waals surface area (Å²) in [5.74, 6) is 0. The Bertz CT molecular complexity index is 282. The number of aliphatic hydroxyl groups excluding tert-OH is 1. The van der Waals surface area contributed by atoms with Crippen molar-refractivity contribution in [3.63, 3.8) is 0 Å². The molecular weight excluding hydrogens is 185 g/mol. The van der Waals surface area contributed by atoms with E-state index in [0.717, 1.165) is 4.68 Å². The third kappa shape index (κ3) is 2.73. The predicted octanol–water partition coefficient (Wildman–Crippen LogP) is 1.11. The molecule has 0 saturated carbocycles. The highest BCUT2D eigenvalue weighted by molar-refractivity contribution is 4.95. The maximum absolute atomic E-state index is 11.9. The molecular formula is C7H9F3N2O. The molecule has 0 bridgehead atoms. The number of nitrogens with zero attached hydrogens (tertiary/aromatic N) is 2. The molecule has 0 radical (unpaired) electrons. The van der Waals surface area contributed by atoms with Gasteiger partial charge in [0.1, 0.15) is 0 Å². The molecule has 0 fully saturated rings. The Hall–Kier alpha value is -1.04. The van der Waals surface area contributed by atoms with Crippen molar-refractivity contribution in [2.24, 2.45) is 0 Å². The quantitative estimate of drug-likeness (QED) is 0.765. The van der Waals surface area contributed by atoms with Crippen molar-refractivity contribution in [2.45, 2.75) is 25.7 Å². The first-order valence-corrected chi connectivity index (χ1v) is 3.64. The van der Waals surface area contributed by atoms with Gasteiger partial charge in [0.25, 0.3) is 0 Å². The van der Waals surface area contributed by atoms with E-state index in [4.69, 9.17) is 5.11 Å². The Morgan fingerprint density at radius 3 is 2.62 bits per heavy atom. The molecule has 0 aliphatic rings. The zero-order valence-electron chi connectivity index (χ0n) is 6.91. The fourth-order valence-electron chi connectivity index (χ4n) is 0.846.